The molecule has 3 heterocycles. The molecule has 0 fully saturated rings. The van der Waals surface area contributed by atoms with E-state index in [1.165, 1.54) is 0 Å². The predicted molar refractivity (Wildman–Crippen MR) is 114 cm³/mol. The molecule has 1 aliphatic rings. The Labute approximate surface area is 175 Å². The summed E-state index contributed by atoms with van der Waals surface area (Å²) in [6, 6.07) is 21.6. The van der Waals surface area contributed by atoms with Gasteiger partial charge in [0.05, 0.1) is 23.9 Å². The van der Waals surface area contributed by atoms with Crippen LogP contribution in [0.2, 0.25) is 0 Å². The van der Waals surface area contributed by atoms with Crippen LogP contribution in [0.1, 0.15) is 22.9 Å². The van der Waals surface area contributed by atoms with Crippen LogP contribution in [-0.2, 0) is 13.0 Å². The standard InChI is InChI=1S/C25H22N2O3/c28-25-19(13-17-9-11-26-12-10-17)15-30-24-8-7-21(14-22(24)25)29-16-20-6-5-18-3-1-2-4-23(18)27-20/h1-12,14,19,25,28H,13,15-16H2. The Morgan fingerprint density at radius 2 is 1.87 bits per heavy atom. The van der Waals surface area contributed by atoms with E-state index in [-0.39, 0.29) is 5.92 Å². The number of hydrogen-bond donors (Lipinski definition) is 1. The van der Waals surface area contributed by atoms with Gasteiger partial charge in [-0.15, -0.1) is 0 Å². The van der Waals surface area contributed by atoms with Crippen molar-refractivity contribution in [1.82, 2.24) is 9.97 Å². The van der Waals surface area contributed by atoms with E-state index >= 15 is 0 Å². The molecule has 0 bridgehead atoms. The average molecular weight is 398 g/mol. The first-order valence-electron chi connectivity index (χ1n) is 10.1. The fraction of sp³-hybridized carbons (Fsp3) is 0.200. The summed E-state index contributed by atoms with van der Waals surface area (Å²) < 4.78 is 11.9. The molecule has 5 heteroatoms. The van der Waals surface area contributed by atoms with Gasteiger partial charge in [0.1, 0.15) is 18.1 Å². The van der Waals surface area contributed by atoms with Crippen molar-refractivity contribution in [3.63, 3.8) is 0 Å². The van der Waals surface area contributed by atoms with E-state index in [1.807, 2.05) is 60.7 Å². The van der Waals surface area contributed by atoms with Gasteiger partial charge in [-0.05, 0) is 54.4 Å². The van der Waals surface area contributed by atoms with Gasteiger partial charge in [-0.2, -0.15) is 0 Å². The summed E-state index contributed by atoms with van der Waals surface area (Å²) >= 11 is 0. The Morgan fingerprint density at radius 1 is 1.00 bits per heavy atom. The second kappa shape index (κ2) is 8.13. The lowest BCUT2D eigenvalue weighted by molar-refractivity contribution is 0.0504. The van der Waals surface area contributed by atoms with Gasteiger partial charge in [-0.25, -0.2) is 4.98 Å². The number of ether oxygens (including phenoxy) is 2. The zero-order chi connectivity index (χ0) is 20.3. The van der Waals surface area contributed by atoms with Gasteiger partial charge in [0.15, 0.2) is 0 Å². The molecule has 1 N–H and O–H groups in total. The summed E-state index contributed by atoms with van der Waals surface area (Å²) in [5.74, 6) is 1.39. The number of nitrogens with zero attached hydrogens (tertiary/aromatic N) is 2. The van der Waals surface area contributed by atoms with Crippen molar-refractivity contribution in [2.24, 2.45) is 5.92 Å². The van der Waals surface area contributed by atoms with Gasteiger partial charge < -0.3 is 14.6 Å². The Hall–Kier alpha value is -3.44. The molecular weight excluding hydrogens is 376 g/mol. The minimum absolute atomic E-state index is 0.0164. The third-order valence-electron chi connectivity index (χ3n) is 5.49. The maximum absolute atomic E-state index is 10.9. The van der Waals surface area contributed by atoms with Gasteiger partial charge in [0, 0.05) is 29.3 Å². The highest BCUT2D eigenvalue weighted by molar-refractivity contribution is 5.78. The van der Waals surface area contributed by atoms with Crippen LogP contribution in [0.25, 0.3) is 10.9 Å². The molecule has 0 saturated heterocycles. The molecule has 2 aromatic carbocycles. The fourth-order valence-corrected chi connectivity index (χ4v) is 3.86. The molecular formula is C25H22N2O3. The highest BCUT2D eigenvalue weighted by Gasteiger charge is 2.30. The number of rotatable bonds is 5. The molecule has 4 aromatic rings. The van der Waals surface area contributed by atoms with E-state index in [9.17, 15) is 5.11 Å². The van der Waals surface area contributed by atoms with E-state index in [4.69, 9.17) is 9.47 Å². The first-order chi connectivity index (χ1) is 14.8. The second-order valence-electron chi connectivity index (χ2n) is 7.56. The summed E-state index contributed by atoms with van der Waals surface area (Å²) in [5, 5.41) is 12.1. The van der Waals surface area contributed by atoms with Crippen LogP contribution >= 0.6 is 0 Å². The lowest BCUT2D eigenvalue weighted by Crippen LogP contribution is -2.27. The third kappa shape index (κ3) is 3.84. The maximum Gasteiger partial charge on any atom is 0.130 e. The number of hydrogen-bond acceptors (Lipinski definition) is 5. The lowest BCUT2D eigenvalue weighted by atomic mass is 9.88. The molecule has 0 saturated carbocycles. The van der Waals surface area contributed by atoms with Crippen molar-refractivity contribution in [2.75, 3.05) is 6.61 Å². The third-order valence-corrected chi connectivity index (χ3v) is 5.49. The second-order valence-corrected chi connectivity index (χ2v) is 7.56. The van der Waals surface area contributed by atoms with Crippen LogP contribution in [0.3, 0.4) is 0 Å². The highest BCUT2D eigenvalue weighted by atomic mass is 16.5. The van der Waals surface area contributed by atoms with Crippen molar-refractivity contribution in [2.45, 2.75) is 19.1 Å². The summed E-state index contributed by atoms with van der Waals surface area (Å²) in [6.07, 6.45) is 3.66. The molecule has 2 unspecified atom stereocenters. The SMILES string of the molecule is OC1c2cc(OCc3ccc4ccccc4n3)ccc2OCC1Cc1ccncc1. The zero-order valence-electron chi connectivity index (χ0n) is 16.4. The van der Waals surface area contributed by atoms with Crippen LogP contribution in [0.4, 0.5) is 0 Å². The zero-order valence-corrected chi connectivity index (χ0v) is 16.4. The molecule has 0 amide bonds. The lowest BCUT2D eigenvalue weighted by Gasteiger charge is -2.30. The summed E-state index contributed by atoms with van der Waals surface area (Å²) in [6.45, 7) is 0.846. The van der Waals surface area contributed by atoms with E-state index in [1.54, 1.807) is 12.4 Å². The summed E-state index contributed by atoms with van der Waals surface area (Å²) in [4.78, 5) is 8.70. The molecule has 0 spiro atoms. The molecule has 150 valence electrons. The largest absolute Gasteiger partial charge is 0.493 e. The van der Waals surface area contributed by atoms with E-state index < -0.39 is 6.10 Å². The quantitative estimate of drug-likeness (QED) is 0.536. The molecule has 1 aliphatic heterocycles. The Morgan fingerprint density at radius 3 is 2.77 bits per heavy atom. The topological polar surface area (TPSA) is 64.5 Å². The number of aromatic nitrogens is 2. The molecule has 0 aliphatic carbocycles. The molecule has 2 aromatic heterocycles. The minimum Gasteiger partial charge on any atom is -0.493 e. The average Bonchev–Trinajstić information content (AvgIpc) is 2.80. The monoisotopic (exact) mass is 398 g/mol. The van der Waals surface area contributed by atoms with Crippen LogP contribution in [0.15, 0.2) is 79.1 Å². The number of para-hydroxylation sites is 1. The van der Waals surface area contributed by atoms with Crippen LogP contribution in [0, 0.1) is 5.92 Å². The normalized spacial score (nSPS) is 17.9. The number of fused-ring (bicyclic) bond motifs is 2. The van der Waals surface area contributed by atoms with Crippen molar-refractivity contribution >= 4 is 10.9 Å². The molecule has 0 radical (unpaired) electrons. The predicted octanol–water partition coefficient (Wildman–Crippen LogP) is 4.49. The van der Waals surface area contributed by atoms with Gasteiger partial charge >= 0.3 is 0 Å². The Bertz CT molecular complexity index is 1160. The first-order valence-corrected chi connectivity index (χ1v) is 10.1. The van der Waals surface area contributed by atoms with E-state index in [2.05, 4.69) is 16.0 Å². The van der Waals surface area contributed by atoms with Crippen molar-refractivity contribution in [3.8, 4) is 11.5 Å². The van der Waals surface area contributed by atoms with Crippen LogP contribution in [-0.4, -0.2) is 21.7 Å². The van der Waals surface area contributed by atoms with Crippen molar-refractivity contribution in [1.29, 1.82) is 0 Å². The summed E-state index contributed by atoms with van der Waals surface area (Å²) in [5.41, 5.74) is 3.71. The number of benzene rings is 2. The van der Waals surface area contributed by atoms with E-state index in [0.717, 1.165) is 34.1 Å². The van der Waals surface area contributed by atoms with Crippen LogP contribution < -0.4 is 9.47 Å². The van der Waals surface area contributed by atoms with Gasteiger partial charge in [-0.1, -0.05) is 24.3 Å². The van der Waals surface area contributed by atoms with Gasteiger partial charge in [-0.3, -0.25) is 4.98 Å². The van der Waals surface area contributed by atoms with E-state index in [0.29, 0.717) is 24.7 Å². The smallest absolute Gasteiger partial charge is 0.130 e. The number of aliphatic hydroxyl groups excluding tert-OH is 1. The van der Waals surface area contributed by atoms with Crippen LogP contribution in [0.5, 0.6) is 11.5 Å². The Kier molecular flexibility index (Phi) is 5.03. The number of aliphatic hydroxyl groups is 1. The molecule has 30 heavy (non-hydrogen) atoms. The number of pyridine rings is 2. The highest BCUT2D eigenvalue weighted by Crippen LogP contribution is 2.39. The maximum atomic E-state index is 10.9. The fourth-order valence-electron chi connectivity index (χ4n) is 3.86. The summed E-state index contributed by atoms with van der Waals surface area (Å²) in [7, 11) is 0. The Balaban J connectivity index is 1.30. The molecule has 2 atom stereocenters. The van der Waals surface area contributed by atoms with Gasteiger partial charge in [0.25, 0.3) is 0 Å². The first kappa shape index (κ1) is 18.6. The molecule has 5 rings (SSSR count). The van der Waals surface area contributed by atoms with Crippen molar-refractivity contribution in [3.05, 3.63) is 95.9 Å². The van der Waals surface area contributed by atoms with Gasteiger partial charge in [0.2, 0.25) is 0 Å². The molecule has 5 nitrogen and oxygen atoms in total. The minimum atomic E-state index is -0.607. The van der Waals surface area contributed by atoms with Crippen molar-refractivity contribution < 1.29 is 14.6 Å².